The van der Waals surface area contributed by atoms with Crippen LogP contribution in [0.4, 0.5) is 0 Å². The van der Waals surface area contributed by atoms with Crippen LogP contribution in [0, 0.1) is 5.92 Å². The third kappa shape index (κ3) is 2.35. The van der Waals surface area contributed by atoms with Gasteiger partial charge in [-0.15, -0.1) is 0 Å². The number of amides is 1. The molecule has 1 fully saturated rings. The lowest BCUT2D eigenvalue weighted by Crippen LogP contribution is -2.30. The minimum absolute atomic E-state index is 0.0822. The molecule has 0 aromatic heterocycles. The molecule has 0 saturated carbocycles. The van der Waals surface area contributed by atoms with Gasteiger partial charge < -0.3 is 10.1 Å². The Labute approximate surface area is 60.7 Å². The van der Waals surface area contributed by atoms with Gasteiger partial charge >= 0.3 is 0 Å². The predicted octanol–water partition coefficient (Wildman–Crippen LogP) is 0.157. The molecule has 1 saturated heterocycles. The van der Waals surface area contributed by atoms with Gasteiger partial charge in [-0.2, -0.15) is 0 Å². The van der Waals surface area contributed by atoms with Crippen LogP contribution in [-0.4, -0.2) is 25.2 Å². The first kappa shape index (κ1) is 7.54. The first-order chi connectivity index (χ1) is 4.70. The van der Waals surface area contributed by atoms with Gasteiger partial charge in [0.2, 0.25) is 5.91 Å². The second kappa shape index (κ2) is 3.01. The fourth-order valence-electron chi connectivity index (χ4n) is 0.604. The first-order valence-electron chi connectivity index (χ1n) is 3.59. The molecule has 3 heteroatoms. The molecule has 1 heterocycles. The molecule has 0 aromatic rings. The largest absolute Gasteiger partial charge is 0.371 e. The van der Waals surface area contributed by atoms with Gasteiger partial charge in [-0.1, -0.05) is 13.8 Å². The van der Waals surface area contributed by atoms with Crippen LogP contribution in [0.3, 0.4) is 0 Å². The molecule has 0 aliphatic carbocycles. The number of carbonyl (C=O) groups is 1. The molecule has 0 bridgehead atoms. The molecule has 58 valence electrons. The summed E-state index contributed by atoms with van der Waals surface area (Å²) in [6.07, 6.45) is 0.294. The molecule has 1 atom stereocenters. The molecular weight excluding hydrogens is 130 g/mol. The summed E-state index contributed by atoms with van der Waals surface area (Å²) >= 11 is 0. The van der Waals surface area contributed by atoms with E-state index in [0.717, 1.165) is 6.61 Å². The van der Waals surface area contributed by atoms with Crippen LogP contribution < -0.4 is 5.32 Å². The van der Waals surface area contributed by atoms with E-state index in [1.165, 1.54) is 0 Å². The van der Waals surface area contributed by atoms with Crippen LogP contribution in [-0.2, 0) is 9.53 Å². The second-order valence-electron chi connectivity index (χ2n) is 2.86. The van der Waals surface area contributed by atoms with Gasteiger partial charge in [0.05, 0.1) is 12.7 Å². The van der Waals surface area contributed by atoms with E-state index in [0.29, 0.717) is 12.6 Å². The van der Waals surface area contributed by atoms with Crippen molar-refractivity contribution in [1.82, 2.24) is 5.32 Å². The van der Waals surface area contributed by atoms with Crippen molar-refractivity contribution in [3.63, 3.8) is 0 Å². The predicted molar refractivity (Wildman–Crippen MR) is 37.6 cm³/mol. The molecule has 0 aromatic carbocycles. The van der Waals surface area contributed by atoms with Crippen molar-refractivity contribution in [2.75, 3.05) is 13.2 Å². The highest BCUT2D eigenvalue weighted by atomic mass is 16.6. The molecule has 1 rings (SSSR count). The summed E-state index contributed by atoms with van der Waals surface area (Å²) in [5.74, 6) is 0.189. The third-order valence-corrected chi connectivity index (χ3v) is 1.43. The monoisotopic (exact) mass is 143 g/mol. The lowest BCUT2D eigenvalue weighted by molar-refractivity contribution is -0.124. The Bertz CT molecular complexity index is 130. The van der Waals surface area contributed by atoms with E-state index < -0.39 is 0 Å². The molecule has 1 aliphatic heterocycles. The molecule has 10 heavy (non-hydrogen) atoms. The van der Waals surface area contributed by atoms with Gasteiger partial charge in [0.25, 0.3) is 0 Å². The Morgan fingerprint density at radius 3 is 2.80 bits per heavy atom. The number of carbonyl (C=O) groups excluding carboxylic acids is 1. The highest BCUT2D eigenvalue weighted by Crippen LogP contribution is 2.06. The van der Waals surface area contributed by atoms with Gasteiger partial charge in [-0.05, 0) is 0 Å². The summed E-state index contributed by atoms with van der Waals surface area (Å²) < 4.78 is 4.92. The number of hydrogen-bond acceptors (Lipinski definition) is 2. The van der Waals surface area contributed by atoms with Crippen LogP contribution in [0.25, 0.3) is 0 Å². The lowest BCUT2D eigenvalue weighted by Gasteiger charge is -2.04. The number of rotatable bonds is 3. The van der Waals surface area contributed by atoms with Crippen LogP contribution in [0.1, 0.15) is 13.8 Å². The Balaban J connectivity index is 2.05. The van der Waals surface area contributed by atoms with Crippen molar-refractivity contribution in [2.24, 2.45) is 5.92 Å². The molecule has 0 spiro atoms. The summed E-state index contributed by atoms with van der Waals surface area (Å²) in [6.45, 7) is 5.24. The van der Waals surface area contributed by atoms with E-state index in [1.54, 1.807) is 0 Å². The molecule has 1 N–H and O–H groups in total. The topological polar surface area (TPSA) is 41.6 Å². The zero-order valence-corrected chi connectivity index (χ0v) is 6.39. The number of nitrogens with one attached hydrogen (secondary N) is 1. The van der Waals surface area contributed by atoms with E-state index >= 15 is 0 Å². The summed E-state index contributed by atoms with van der Waals surface area (Å²) in [4.78, 5) is 10.9. The zero-order chi connectivity index (χ0) is 7.56. The molecule has 1 aliphatic rings. The van der Waals surface area contributed by atoms with Crippen molar-refractivity contribution < 1.29 is 9.53 Å². The number of epoxide rings is 1. The van der Waals surface area contributed by atoms with E-state index in [9.17, 15) is 4.79 Å². The van der Waals surface area contributed by atoms with Crippen LogP contribution in [0.2, 0.25) is 0 Å². The van der Waals surface area contributed by atoms with Gasteiger partial charge in [0, 0.05) is 12.5 Å². The molecule has 3 nitrogen and oxygen atoms in total. The average molecular weight is 143 g/mol. The molecular formula is C7H13NO2. The van der Waals surface area contributed by atoms with E-state index in [4.69, 9.17) is 4.74 Å². The Kier molecular flexibility index (Phi) is 2.27. The number of ether oxygens (including phenoxy) is 1. The first-order valence-corrected chi connectivity index (χ1v) is 3.59. The van der Waals surface area contributed by atoms with Crippen molar-refractivity contribution >= 4 is 5.91 Å². The Hall–Kier alpha value is -0.570. The zero-order valence-electron chi connectivity index (χ0n) is 6.39. The normalized spacial score (nSPS) is 22.9. The summed E-state index contributed by atoms with van der Waals surface area (Å²) in [5, 5.41) is 2.78. The maximum Gasteiger partial charge on any atom is 0.222 e. The minimum Gasteiger partial charge on any atom is -0.371 e. The maximum absolute atomic E-state index is 10.9. The van der Waals surface area contributed by atoms with E-state index in [-0.39, 0.29) is 11.8 Å². The molecule has 1 amide bonds. The van der Waals surface area contributed by atoms with Gasteiger partial charge in [-0.25, -0.2) is 0 Å². The minimum atomic E-state index is 0.0822. The second-order valence-corrected chi connectivity index (χ2v) is 2.86. The maximum atomic E-state index is 10.9. The standard InChI is InChI=1S/C7H13NO2/c1-5(2)7(9)8-3-6-4-10-6/h5-6H,3-4H2,1-2H3,(H,8,9)/t6-/m0/s1. The van der Waals surface area contributed by atoms with Gasteiger partial charge in [0.15, 0.2) is 0 Å². The van der Waals surface area contributed by atoms with Crippen molar-refractivity contribution in [1.29, 1.82) is 0 Å². The van der Waals surface area contributed by atoms with Crippen LogP contribution in [0.15, 0.2) is 0 Å². The smallest absolute Gasteiger partial charge is 0.222 e. The van der Waals surface area contributed by atoms with Crippen LogP contribution >= 0.6 is 0 Å². The highest BCUT2D eigenvalue weighted by molar-refractivity contribution is 5.77. The van der Waals surface area contributed by atoms with E-state index in [1.807, 2.05) is 13.8 Å². The van der Waals surface area contributed by atoms with Crippen molar-refractivity contribution in [3.8, 4) is 0 Å². The lowest BCUT2D eigenvalue weighted by atomic mass is 10.2. The fraction of sp³-hybridized carbons (Fsp3) is 0.857. The molecule has 0 unspecified atom stereocenters. The fourth-order valence-corrected chi connectivity index (χ4v) is 0.604. The third-order valence-electron chi connectivity index (χ3n) is 1.43. The Morgan fingerprint density at radius 1 is 1.80 bits per heavy atom. The van der Waals surface area contributed by atoms with Crippen molar-refractivity contribution in [2.45, 2.75) is 20.0 Å². The van der Waals surface area contributed by atoms with Crippen molar-refractivity contribution in [3.05, 3.63) is 0 Å². The molecule has 0 radical (unpaired) electrons. The summed E-state index contributed by atoms with van der Waals surface area (Å²) in [5.41, 5.74) is 0. The summed E-state index contributed by atoms with van der Waals surface area (Å²) in [7, 11) is 0. The quantitative estimate of drug-likeness (QED) is 0.572. The highest BCUT2D eigenvalue weighted by Gasteiger charge is 2.22. The van der Waals surface area contributed by atoms with Gasteiger partial charge in [-0.3, -0.25) is 4.79 Å². The average Bonchev–Trinajstić information content (AvgIpc) is 2.64. The summed E-state index contributed by atoms with van der Waals surface area (Å²) in [6, 6.07) is 0. The number of hydrogen-bond donors (Lipinski definition) is 1. The van der Waals surface area contributed by atoms with Gasteiger partial charge in [0.1, 0.15) is 0 Å². The Morgan fingerprint density at radius 2 is 2.40 bits per heavy atom. The SMILES string of the molecule is CC(C)C(=O)NC[C@H]1CO1. The van der Waals surface area contributed by atoms with Crippen LogP contribution in [0.5, 0.6) is 0 Å². The van der Waals surface area contributed by atoms with E-state index in [2.05, 4.69) is 5.32 Å².